The average Bonchev–Trinajstić information content (AvgIpc) is 3.67. The van der Waals surface area contributed by atoms with Crippen LogP contribution < -0.4 is 10.1 Å². The molecule has 4 atom stereocenters. The van der Waals surface area contributed by atoms with Crippen LogP contribution in [0.3, 0.4) is 0 Å². The highest BCUT2D eigenvalue weighted by atomic mass is 35.5. The summed E-state index contributed by atoms with van der Waals surface area (Å²) in [5, 5.41) is 14.8. The van der Waals surface area contributed by atoms with Gasteiger partial charge in [-0.2, -0.15) is 0 Å². The summed E-state index contributed by atoms with van der Waals surface area (Å²) in [5.74, 6) is 2.22. The zero-order valence-electron chi connectivity index (χ0n) is 31.8. The predicted octanol–water partition coefficient (Wildman–Crippen LogP) is 8.97. The van der Waals surface area contributed by atoms with Crippen LogP contribution in [-0.4, -0.2) is 71.2 Å². The molecule has 7 rings (SSSR count). The molecule has 3 aliphatic carbocycles. The van der Waals surface area contributed by atoms with Crippen LogP contribution >= 0.6 is 11.6 Å². The molecule has 2 aromatic carbocycles. The van der Waals surface area contributed by atoms with E-state index >= 15 is 0 Å². The zero-order chi connectivity index (χ0) is 36.5. The van der Waals surface area contributed by atoms with E-state index in [1.165, 1.54) is 60.3 Å². The number of aryl methyl sites for hydroxylation is 1. The highest BCUT2D eigenvalue weighted by Crippen LogP contribution is 2.56. The molecule has 0 amide bonds. The first-order valence-electron chi connectivity index (χ1n) is 20.0. The van der Waals surface area contributed by atoms with Crippen molar-refractivity contribution in [1.82, 2.24) is 14.8 Å². The van der Waals surface area contributed by atoms with Gasteiger partial charge in [0.15, 0.2) is 0 Å². The van der Waals surface area contributed by atoms with Crippen LogP contribution in [-0.2, 0) is 29.6 Å². The highest BCUT2D eigenvalue weighted by molar-refractivity contribution is 6.30. The Kier molecular flexibility index (Phi) is 11.2. The molecule has 1 aliphatic heterocycles. The van der Waals surface area contributed by atoms with E-state index in [9.17, 15) is 9.90 Å². The van der Waals surface area contributed by atoms with Crippen LogP contribution in [0.25, 0.3) is 0 Å². The first-order valence-corrected chi connectivity index (χ1v) is 20.4. The minimum absolute atomic E-state index is 0.0654. The molecule has 52 heavy (non-hydrogen) atoms. The number of pyridine rings is 1. The van der Waals surface area contributed by atoms with Crippen molar-refractivity contribution in [2.24, 2.45) is 17.8 Å². The average molecular weight is 727 g/mol. The summed E-state index contributed by atoms with van der Waals surface area (Å²) in [7, 11) is 2.24. The Morgan fingerprint density at radius 1 is 1.15 bits per heavy atom. The second-order valence-corrected chi connectivity index (χ2v) is 17.4. The Balaban J connectivity index is 1.12. The minimum atomic E-state index is -1.03. The molecule has 4 aliphatic rings. The fourth-order valence-electron chi connectivity index (χ4n) is 10.3. The number of halogens is 1. The fourth-order valence-corrected chi connectivity index (χ4v) is 10.5. The van der Waals surface area contributed by atoms with Gasteiger partial charge in [-0.05, 0) is 154 Å². The van der Waals surface area contributed by atoms with E-state index in [0.29, 0.717) is 42.2 Å². The molecule has 2 N–H and O–H groups in total. The number of nitrogens with one attached hydrogen (secondary N) is 1. The zero-order valence-corrected chi connectivity index (χ0v) is 32.6. The Morgan fingerprint density at radius 2 is 1.98 bits per heavy atom. The molecule has 280 valence electrons. The summed E-state index contributed by atoms with van der Waals surface area (Å²) in [5.41, 5.74) is 6.49. The van der Waals surface area contributed by atoms with E-state index in [4.69, 9.17) is 21.3 Å². The first-order chi connectivity index (χ1) is 25.1. The molecule has 1 spiro atoms. The lowest BCUT2D eigenvalue weighted by molar-refractivity contribution is -0.144. The largest absolute Gasteiger partial charge is 0.493 e. The van der Waals surface area contributed by atoms with Gasteiger partial charge >= 0.3 is 5.97 Å². The quantitative estimate of drug-likeness (QED) is 0.182. The Hall–Kier alpha value is -3.13. The van der Waals surface area contributed by atoms with E-state index in [1.54, 1.807) is 0 Å². The molecule has 3 aromatic rings. The van der Waals surface area contributed by atoms with E-state index in [-0.39, 0.29) is 5.41 Å². The fraction of sp³-hybridized carbons (Fsp3) is 0.591. The van der Waals surface area contributed by atoms with Gasteiger partial charge in [-0.15, -0.1) is 0 Å². The number of likely N-dealkylation sites (tertiary alicyclic amines) is 1. The molecule has 2 heterocycles. The van der Waals surface area contributed by atoms with Crippen molar-refractivity contribution >= 4 is 23.3 Å². The molecule has 0 bridgehead atoms. The molecule has 0 radical (unpaired) electrons. The molecular weight excluding hydrogens is 668 g/mol. The highest BCUT2D eigenvalue weighted by Gasteiger charge is 2.54. The third-order valence-electron chi connectivity index (χ3n) is 13.2. The maximum Gasteiger partial charge on any atom is 0.329 e. The van der Waals surface area contributed by atoms with Crippen molar-refractivity contribution < 1.29 is 14.6 Å². The SMILES string of the molecule is CCN(Cc1ccc2c(c1)C1(CCC(Nc3cccc(Cl)c3)(C(=O)O)CC1)C(C[C@@H](C)COc1ccnc3c1[C@H](C)CCC3)C2)CC1CCN(C)C1. The maximum absolute atomic E-state index is 13.1. The van der Waals surface area contributed by atoms with Crippen LogP contribution in [0.4, 0.5) is 5.69 Å². The van der Waals surface area contributed by atoms with E-state index < -0.39 is 11.5 Å². The number of aliphatic carboxylic acids is 1. The molecule has 1 aromatic heterocycles. The molecule has 1 saturated heterocycles. The van der Waals surface area contributed by atoms with E-state index in [1.807, 2.05) is 30.5 Å². The maximum atomic E-state index is 13.1. The molecular formula is C44H59ClN4O3. The number of benzene rings is 2. The minimum Gasteiger partial charge on any atom is -0.493 e. The number of anilines is 1. The Morgan fingerprint density at radius 3 is 2.71 bits per heavy atom. The number of hydrogen-bond acceptors (Lipinski definition) is 6. The molecule has 1 saturated carbocycles. The third-order valence-corrected chi connectivity index (χ3v) is 13.5. The van der Waals surface area contributed by atoms with Gasteiger partial charge in [0.25, 0.3) is 0 Å². The number of hydrogen-bond donors (Lipinski definition) is 2. The van der Waals surface area contributed by atoms with Crippen molar-refractivity contribution in [2.75, 3.05) is 45.2 Å². The number of carbonyl (C=O) groups is 1. The number of carboxylic acids is 1. The standard InChI is InChI=1S/C44H59ClN4O3/c1-5-49(28-33-15-21-48(4)26-33)27-32-12-13-34-24-35(22-30(2)29-52-40-14-20-46-39-11-6-8-31(3)41(39)40)43(38(34)23-32)16-18-44(19-17-43,42(50)51)47-37-10-7-9-36(45)25-37/h7,9-10,12-14,20,23,25,30-31,33,35,47H,5-6,8,11,15-19,21-22,24,26-29H2,1-4H3,(H,50,51)/t30-,31-,33?,35?,43?,44?/m1/s1. The number of fused-ring (bicyclic) bond motifs is 3. The molecule has 8 heteroatoms. The van der Waals surface area contributed by atoms with Gasteiger partial charge in [-0.1, -0.05) is 56.6 Å². The van der Waals surface area contributed by atoms with Gasteiger partial charge in [-0.3, -0.25) is 9.88 Å². The summed E-state index contributed by atoms with van der Waals surface area (Å²) >= 11 is 6.33. The number of rotatable bonds is 13. The summed E-state index contributed by atoms with van der Waals surface area (Å²) in [4.78, 5) is 22.8. The summed E-state index contributed by atoms with van der Waals surface area (Å²) in [6, 6.07) is 16.8. The van der Waals surface area contributed by atoms with Crippen LogP contribution in [0.15, 0.2) is 54.7 Å². The van der Waals surface area contributed by atoms with Crippen molar-refractivity contribution in [3.63, 3.8) is 0 Å². The lowest BCUT2D eigenvalue weighted by atomic mass is 9.59. The molecule has 7 nitrogen and oxygen atoms in total. The molecule has 2 unspecified atom stereocenters. The number of carboxylic acid groups (broad SMARTS) is 1. The van der Waals surface area contributed by atoms with Gasteiger partial charge in [0.1, 0.15) is 11.3 Å². The van der Waals surface area contributed by atoms with Crippen LogP contribution in [0.2, 0.25) is 5.02 Å². The van der Waals surface area contributed by atoms with Gasteiger partial charge in [0.2, 0.25) is 0 Å². The number of aromatic nitrogens is 1. The van der Waals surface area contributed by atoms with Crippen molar-refractivity contribution in [3.8, 4) is 5.75 Å². The van der Waals surface area contributed by atoms with Gasteiger partial charge in [-0.25, -0.2) is 4.79 Å². The lowest BCUT2D eigenvalue weighted by Gasteiger charge is -2.47. The van der Waals surface area contributed by atoms with Crippen LogP contribution in [0.1, 0.15) is 106 Å². The second-order valence-electron chi connectivity index (χ2n) is 16.9. The van der Waals surface area contributed by atoms with E-state index in [2.05, 4.69) is 67.2 Å². The topological polar surface area (TPSA) is 77.9 Å². The van der Waals surface area contributed by atoms with Crippen molar-refractivity contribution in [2.45, 2.75) is 108 Å². The smallest absolute Gasteiger partial charge is 0.329 e. The second kappa shape index (κ2) is 15.7. The van der Waals surface area contributed by atoms with Crippen molar-refractivity contribution in [3.05, 3.63) is 87.7 Å². The van der Waals surface area contributed by atoms with Gasteiger partial charge in [0.05, 0.1) is 6.61 Å². The third kappa shape index (κ3) is 7.74. The monoisotopic (exact) mass is 726 g/mol. The summed E-state index contributed by atoms with van der Waals surface area (Å²) in [6.45, 7) is 13.1. The van der Waals surface area contributed by atoms with Crippen LogP contribution in [0, 0.1) is 17.8 Å². The first kappa shape index (κ1) is 37.2. The van der Waals surface area contributed by atoms with E-state index in [0.717, 1.165) is 69.1 Å². The van der Waals surface area contributed by atoms with Crippen molar-refractivity contribution in [1.29, 1.82) is 0 Å². The normalized spacial score (nSPS) is 27.8. The van der Waals surface area contributed by atoms with Gasteiger partial charge < -0.3 is 20.1 Å². The number of nitrogens with zero attached hydrogens (tertiary/aromatic N) is 3. The van der Waals surface area contributed by atoms with Gasteiger partial charge in [0, 0.05) is 47.8 Å². The van der Waals surface area contributed by atoms with Crippen LogP contribution in [0.5, 0.6) is 5.75 Å². The summed E-state index contributed by atoms with van der Waals surface area (Å²) < 4.78 is 6.63. The number of ether oxygens (including phenoxy) is 1. The molecule has 2 fully saturated rings. The Labute approximate surface area is 316 Å². The summed E-state index contributed by atoms with van der Waals surface area (Å²) in [6.07, 6.45) is 11.5. The Bertz CT molecular complexity index is 1720. The predicted molar refractivity (Wildman–Crippen MR) is 211 cm³/mol. The lowest BCUT2D eigenvalue weighted by Crippen LogP contribution is -2.53.